The Morgan fingerprint density at radius 2 is 1.91 bits per heavy atom. The van der Waals surface area contributed by atoms with E-state index in [2.05, 4.69) is 16.0 Å². The van der Waals surface area contributed by atoms with E-state index in [1.165, 1.54) is 7.11 Å². The highest BCUT2D eigenvalue weighted by atomic mass is 35.5. The molecule has 0 saturated carbocycles. The van der Waals surface area contributed by atoms with Crippen LogP contribution in [0.25, 0.3) is 0 Å². The smallest absolute Gasteiger partial charge is 0.319 e. The second-order valence-electron chi connectivity index (χ2n) is 7.33. The number of aliphatic hydroxyl groups excluding tert-OH is 1. The van der Waals surface area contributed by atoms with E-state index in [-0.39, 0.29) is 18.9 Å². The summed E-state index contributed by atoms with van der Waals surface area (Å²) >= 11 is 11.9. The molecule has 4 N–H and O–H groups in total. The Bertz CT molecular complexity index is 1020. The number of hydrogen-bond acceptors (Lipinski definition) is 5. The molecule has 0 spiro atoms. The minimum atomic E-state index is -0.703. The van der Waals surface area contributed by atoms with Crippen molar-refractivity contribution in [1.82, 2.24) is 10.6 Å². The van der Waals surface area contributed by atoms with Crippen LogP contribution in [0.3, 0.4) is 0 Å². The second kappa shape index (κ2) is 11.9. The molecule has 1 aliphatic rings. The van der Waals surface area contributed by atoms with Crippen molar-refractivity contribution >= 4 is 40.8 Å². The molecule has 0 fully saturated rings. The molecule has 176 valence electrons. The van der Waals surface area contributed by atoms with Crippen molar-refractivity contribution in [3.63, 3.8) is 0 Å². The lowest BCUT2D eigenvalue weighted by molar-refractivity contribution is -0.125. The molecule has 3 atom stereocenters. The summed E-state index contributed by atoms with van der Waals surface area (Å²) in [5.41, 5.74) is 1.33. The molecule has 2 aromatic rings. The van der Waals surface area contributed by atoms with Gasteiger partial charge in [-0.1, -0.05) is 53.6 Å². The first kappa shape index (κ1) is 24.9. The van der Waals surface area contributed by atoms with E-state index in [1.54, 1.807) is 54.6 Å². The van der Waals surface area contributed by atoms with Gasteiger partial charge in [0.05, 0.1) is 48.0 Å². The van der Waals surface area contributed by atoms with E-state index in [0.29, 0.717) is 28.0 Å². The van der Waals surface area contributed by atoms with E-state index in [0.717, 1.165) is 5.56 Å². The summed E-state index contributed by atoms with van der Waals surface area (Å²) in [4.78, 5) is 24.7. The SMILES string of the molecule is COc1ccccc1NC(=O)N[C@H]1C=C[C@@H](CC(=O)NCc2ccc(Cl)c(Cl)c2)O[C@H]1CO. The first-order valence-corrected chi connectivity index (χ1v) is 11.0. The van der Waals surface area contributed by atoms with E-state index in [9.17, 15) is 14.7 Å². The number of carbonyl (C=O) groups is 2. The lowest BCUT2D eigenvalue weighted by atomic mass is 10.0. The summed E-state index contributed by atoms with van der Waals surface area (Å²) in [5.74, 6) is 0.293. The minimum absolute atomic E-state index is 0.0639. The minimum Gasteiger partial charge on any atom is -0.495 e. The molecule has 3 amide bonds. The van der Waals surface area contributed by atoms with Crippen molar-refractivity contribution in [3.8, 4) is 5.75 Å². The third-order valence-electron chi connectivity index (χ3n) is 4.98. The van der Waals surface area contributed by atoms with E-state index < -0.39 is 24.3 Å². The van der Waals surface area contributed by atoms with Gasteiger partial charge in [0.1, 0.15) is 11.9 Å². The summed E-state index contributed by atoms with van der Waals surface area (Å²) in [6.07, 6.45) is 2.23. The number of urea groups is 1. The van der Waals surface area contributed by atoms with Crippen LogP contribution in [0.4, 0.5) is 10.5 Å². The average molecular weight is 494 g/mol. The number of benzene rings is 2. The van der Waals surface area contributed by atoms with Crippen molar-refractivity contribution in [2.75, 3.05) is 19.0 Å². The Hall–Kier alpha value is -2.78. The maximum absolute atomic E-state index is 12.4. The number of nitrogens with one attached hydrogen (secondary N) is 3. The summed E-state index contributed by atoms with van der Waals surface area (Å²) in [7, 11) is 1.51. The lowest BCUT2D eigenvalue weighted by Crippen LogP contribution is -2.50. The molecular formula is C23H25Cl2N3O5. The predicted octanol–water partition coefficient (Wildman–Crippen LogP) is 3.51. The van der Waals surface area contributed by atoms with Crippen LogP contribution < -0.4 is 20.7 Å². The molecule has 8 nitrogen and oxygen atoms in total. The molecule has 1 heterocycles. The van der Waals surface area contributed by atoms with Crippen LogP contribution in [0.5, 0.6) is 5.75 Å². The van der Waals surface area contributed by atoms with Crippen LogP contribution in [0.1, 0.15) is 12.0 Å². The number of aliphatic hydroxyl groups is 1. The van der Waals surface area contributed by atoms with Crippen LogP contribution in [0.15, 0.2) is 54.6 Å². The zero-order valence-electron chi connectivity index (χ0n) is 17.9. The number of methoxy groups -OCH3 is 1. The molecule has 3 rings (SSSR count). The van der Waals surface area contributed by atoms with E-state index in [4.69, 9.17) is 32.7 Å². The number of rotatable bonds is 8. The molecule has 0 aromatic heterocycles. The number of halogens is 2. The number of carbonyl (C=O) groups excluding carboxylic acids is 2. The first-order valence-electron chi connectivity index (χ1n) is 10.3. The van der Waals surface area contributed by atoms with E-state index >= 15 is 0 Å². The number of ether oxygens (including phenoxy) is 2. The molecule has 0 saturated heterocycles. The fourth-order valence-electron chi connectivity index (χ4n) is 3.30. The Morgan fingerprint density at radius 1 is 1.12 bits per heavy atom. The van der Waals surface area contributed by atoms with Gasteiger partial charge in [0.15, 0.2) is 0 Å². The van der Waals surface area contributed by atoms with Gasteiger partial charge in [-0.25, -0.2) is 4.79 Å². The Labute approximate surface area is 201 Å². The molecule has 2 aromatic carbocycles. The largest absolute Gasteiger partial charge is 0.495 e. The topological polar surface area (TPSA) is 109 Å². The van der Waals surface area contributed by atoms with Gasteiger partial charge in [-0.05, 0) is 29.8 Å². The van der Waals surface area contributed by atoms with Crippen LogP contribution in [-0.4, -0.2) is 49.0 Å². The summed E-state index contributed by atoms with van der Waals surface area (Å²) < 4.78 is 11.0. The summed E-state index contributed by atoms with van der Waals surface area (Å²) in [6, 6.07) is 11.1. The predicted molar refractivity (Wildman–Crippen MR) is 127 cm³/mol. The number of para-hydroxylation sites is 2. The van der Waals surface area contributed by atoms with Gasteiger partial charge in [0, 0.05) is 6.54 Å². The van der Waals surface area contributed by atoms with Gasteiger partial charge in [0.2, 0.25) is 5.91 Å². The van der Waals surface area contributed by atoms with Gasteiger partial charge < -0.3 is 30.5 Å². The van der Waals surface area contributed by atoms with Crippen molar-refractivity contribution in [1.29, 1.82) is 0 Å². The standard InChI is InChI=1S/C23H25Cl2N3O5/c1-32-20-5-3-2-4-18(20)27-23(31)28-19-9-7-15(33-21(19)13-29)11-22(30)26-12-14-6-8-16(24)17(25)10-14/h2-10,15,19,21,29H,11-13H2,1H3,(H,26,30)(H2,27,28,31)/t15-,19-,21-/m0/s1. The molecule has 33 heavy (non-hydrogen) atoms. The third kappa shape index (κ3) is 7.10. The van der Waals surface area contributed by atoms with Crippen molar-refractivity contribution < 1.29 is 24.2 Å². The molecule has 0 unspecified atom stereocenters. The van der Waals surface area contributed by atoms with E-state index in [1.807, 2.05) is 0 Å². The van der Waals surface area contributed by atoms with Crippen LogP contribution in [0.2, 0.25) is 10.0 Å². The summed E-state index contributed by atoms with van der Waals surface area (Å²) in [6.45, 7) is -0.0335. The molecule has 1 aliphatic heterocycles. The first-order chi connectivity index (χ1) is 15.9. The van der Waals surface area contributed by atoms with Crippen molar-refractivity contribution in [2.24, 2.45) is 0 Å². The van der Waals surface area contributed by atoms with Crippen LogP contribution >= 0.6 is 23.2 Å². The monoisotopic (exact) mass is 493 g/mol. The highest BCUT2D eigenvalue weighted by Gasteiger charge is 2.29. The number of hydrogen-bond donors (Lipinski definition) is 4. The number of anilines is 1. The van der Waals surface area contributed by atoms with Gasteiger partial charge >= 0.3 is 6.03 Å². The Kier molecular flexibility index (Phi) is 8.96. The van der Waals surface area contributed by atoms with Crippen LogP contribution in [-0.2, 0) is 16.1 Å². The number of amides is 3. The second-order valence-corrected chi connectivity index (χ2v) is 8.15. The fourth-order valence-corrected chi connectivity index (χ4v) is 3.62. The molecular weight excluding hydrogens is 469 g/mol. The quantitative estimate of drug-likeness (QED) is 0.420. The van der Waals surface area contributed by atoms with Gasteiger partial charge in [-0.2, -0.15) is 0 Å². The molecule has 0 radical (unpaired) electrons. The van der Waals surface area contributed by atoms with Gasteiger partial charge in [0.25, 0.3) is 0 Å². The van der Waals surface area contributed by atoms with Crippen molar-refractivity contribution in [2.45, 2.75) is 31.2 Å². The zero-order chi connectivity index (χ0) is 23.8. The normalized spacial score (nSPS) is 19.6. The third-order valence-corrected chi connectivity index (χ3v) is 5.72. The maximum Gasteiger partial charge on any atom is 0.319 e. The average Bonchev–Trinajstić information content (AvgIpc) is 2.81. The summed E-state index contributed by atoms with van der Waals surface area (Å²) in [5, 5.41) is 18.8. The Balaban J connectivity index is 1.51. The van der Waals surface area contributed by atoms with Gasteiger partial charge in [-0.3, -0.25) is 4.79 Å². The Morgan fingerprint density at radius 3 is 2.64 bits per heavy atom. The maximum atomic E-state index is 12.4. The molecule has 0 bridgehead atoms. The molecule has 0 aliphatic carbocycles. The molecule has 10 heteroatoms. The van der Waals surface area contributed by atoms with Crippen molar-refractivity contribution in [3.05, 3.63) is 70.2 Å². The highest BCUT2D eigenvalue weighted by molar-refractivity contribution is 6.42. The van der Waals surface area contributed by atoms with Gasteiger partial charge in [-0.15, -0.1) is 0 Å². The zero-order valence-corrected chi connectivity index (χ0v) is 19.4. The highest BCUT2D eigenvalue weighted by Crippen LogP contribution is 2.24. The lowest BCUT2D eigenvalue weighted by Gasteiger charge is -2.31. The fraction of sp³-hybridized carbons (Fsp3) is 0.304. The van der Waals surface area contributed by atoms with Crippen LogP contribution in [0, 0.1) is 0 Å².